The molecule has 0 bridgehead atoms. The molecule has 4 aromatic rings. The van der Waals surface area contributed by atoms with Crippen molar-refractivity contribution in [2.24, 2.45) is 0 Å². The molecule has 10 heteroatoms. The van der Waals surface area contributed by atoms with Gasteiger partial charge in [0.1, 0.15) is 5.69 Å². The second-order valence-electron chi connectivity index (χ2n) is 7.80. The Balaban J connectivity index is 0.00000342. The average Bonchev–Trinajstić information content (AvgIpc) is 2.84. The molecule has 4 rings (SSSR count). The van der Waals surface area contributed by atoms with Crippen LogP contribution in [0.2, 0.25) is 5.02 Å². The normalized spacial score (nSPS) is 12.7. The molecule has 2 atom stereocenters. The Hall–Kier alpha value is -3.33. The van der Waals surface area contributed by atoms with E-state index in [1.165, 1.54) is 0 Å². The lowest BCUT2D eigenvalue weighted by Crippen LogP contribution is -2.32. The first-order valence-electron chi connectivity index (χ1n) is 10.2. The topological polar surface area (TPSA) is 78.4 Å². The van der Waals surface area contributed by atoms with Crippen molar-refractivity contribution in [2.75, 3.05) is 5.32 Å². The molecular formula is C25H19Cl2F3N2O3. The van der Waals surface area contributed by atoms with Crippen LogP contribution in [0.5, 0.6) is 5.75 Å². The van der Waals surface area contributed by atoms with Crippen LogP contribution in [0, 0.1) is 17.5 Å². The number of benzene rings is 3. The van der Waals surface area contributed by atoms with Gasteiger partial charge in [0.05, 0.1) is 6.04 Å². The maximum Gasteiger partial charge on any atom is 0.271 e. The molecule has 4 aromatic carbocycles. The van der Waals surface area contributed by atoms with Gasteiger partial charge in [-0.3, -0.25) is 14.9 Å². The van der Waals surface area contributed by atoms with E-state index >= 15 is 0 Å². The third-order valence-electron chi connectivity index (χ3n) is 5.50. The SMILES string of the molecule is CC(NC(c1ccc(Cl)cc1)c1cccc(Nc2c(O)c(=O)c2=O)c1)c1cc(F)c(F)c(F)c1.Cl. The molecule has 0 radical (unpaired) electrons. The lowest BCUT2D eigenvalue weighted by molar-refractivity contribution is 0.438. The molecule has 0 aliphatic heterocycles. The average molecular weight is 523 g/mol. The van der Waals surface area contributed by atoms with Gasteiger partial charge in [-0.2, -0.15) is 0 Å². The predicted octanol–water partition coefficient (Wildman–Crippen LogP) is 5.66. The third kappa shape index (κ3) is 5.35. The highest BCUT2D eigenvalue weighted by molar-refractivity contribution is 6.30. The number of halogens is 5. The van der Waals surface area contributed by atoms with Gasteiger partial charge in [0.15, 0.2) is 23.2 Å². The quantitative estimate of drug-likeness (QED) is 0.215. The molecule has 5 nitrogen and oxygen atoms in total. The Labute approximate surface area is 209 Å². The van der Waals surface area contributed by atoms with Gasteiger partial charge >= 0.3 is 0 Å². The van der Waals surface area contributed by atoms with E-state index in [9.17, 15) is 27.9 Å². The van der Waals surface area contributed by atoms with Crippen molar-refractivity contribution >= 4 is 35.4 Å². The Morgan fingerprint density at radius 2 is 1.49 bits per heavy atom. The molecule has 2 unspecified atom stereocenters. The van der Waals surface area contributed by atoms with E-state index in [0.29, 0.717) is 16.3 Å². The van der Waals surface area contributed by atoms with E-state index < -0.39 is 46.1 Å². The molecule has 3 N–H and O–H groups in total. The maximum absolute atomic E-state index is 13.8. The zero-order valence-corrected chi connectivity index (χ0v) is 19.7. The fraction of sp³-hybridized carbons (Fsp3) is 0.120. The summed E-state index contributed by atoms with van der Waals surface area (Å²) in [4.78, 5) is 23.0. The lowest BCUT2D eigenvalue weighted by Gasteiger charge is -2.25. The number of anilines is 2. The summed E-state index contributed by atoms with van der Waals surface area (Å²) < 4.78 is 41.0. The van der Waals surface area contributed by atoms with Crippen molar-refractivity contribution in [3.8, 4) is 5.75 Å². The molecule has 0 amide bonds. The van der Waals surface area contributed by atoms with Gasteiger partial charge < -0.3 is 10.4 Å². The number of hydrogen-bond acceptors (Lipinski definition) is 5. The van der Waals surface area contributed by atoms with Gasteiger partial charge in [-0.15, -0.1) is 12.4 Å². The van der Waals surface area contributed by atoms with E-state index in [0.717, 1.165) is 17.7 Å². The molecular weight excluding hydrogens is 504 g/mol. The fourth-order valence-electron chi connectivity index (χ4n) is 3.65. The lowest BCUT2D eigenvalue weighted by atomic mass is 9.96. The highest BCUT2D eigenvalue weighted by Gasteiger charge is 2.22. The first-order valence-corrected chi connectivity index (χ1v) is 10.6. The van der Waals surface area contributed by atoms with Gasteiger partial charge in [0, 0.05) is 16.8 Å². The van der Waals surface area contributed by atoms with Crippen LogP contribution in [0.4, 0.5) is 24.5 Å². The third-order valence-corrected chi connectivity index (χ3v) is 5.75. The van der Waals surface area contributed by atoms with E-state index in [-0.39, 0.29) is 23.7 Å². The van der Waals surface area contributed by atoms with Crippen molar-refractivity contribution in [3.05, 3.63) is 120 Å². The molecule has 0 saturated carbocycles. The summed E-state index contributed by atoms with van der Waals surface area (Å²) in [6.45, 7) is 1.68. The molecule has 0 spiro atoms. The Bertz CT molecular complexity index is 1410. The first kappa shape index (κ1) is 26.3. The van der Waals surface area contributed by atoms with Crippen molar-refractivity contribution in [1.82, 2.24) is 5.32 Å². The van der Waals surface area contributed by atoms with Crippen LogP contribution in [0.1, 0.15) is 35.7 Å². The zero-order valence-electron chi connectivity index (χ0n) is 18.1. The molecule has 0 fully saturated rings. The maximum atomic E-state index is 13.8. The van der Waals surface area contributed by atoms with Crippen molar-refractivity contribution in [2.45, 2.75) is 19.0 Å². The second-order valence-corrected chi connectivity index (χ2v) is 8.24. The monoisotopic (exact) mass is 522 g/mol. The summed E-state index contributed by atoms with van der Waals surface area (Å²) in [5.41, 5.74) is 0.152. The Kier molecular flexibility index (Phi) is 7.90. The molecule has 0 aliphatic carbocycles. The van der Waals surface area contributed by atoms with Crippen LogP contribution in [0.15, 0.2) is 70.3 Å². The minimum Gasteiger partial charge on any atom is -0.502 e. The predicted molar refractivity (Wildman–Crippen MR) is 131 cm³/mol. The summed E-state index contributed by atoms with van der Waals surface area (Å²) >= 11 is 6.02. The summed E-state index contributed by atoms with van der Waals surface area (Å²) in [6.07, 6.45) is 0. The molecule has 0 saturated heterocycles. The number of hydrogen-bond donors (Lipinski definition) is 3. The summed E-state index contributed by atoms with van der Waals surface area (Å²) in [6, 6.07) is 14.5. The minimum atomic E-state index is -1.54. The van der Waals surface area contributed by atoms with Crippen LogP contribution < -0.4 is 21.5 Å². The van der Waals surface area contributed by atoms with Gasteiger partial charge in [-0.05, 0) is 60.0 Å². The van der Waals surface area contributed by atoms with Crippen molar-refractivity contribution in [3.63, 3.8) is 0 Å². The van der Waals surface area contributed by atoms with E-state index in [4.69, 9.17) is 11.6 Å². The summed E-state index contributed by atoms with van der Waals surface area (Å²) in [7, 11) is 0. The van der Waals surface area contributed by atoms with Crippen LogP contribution in [0.3, 0.4) is 0 Å². The largest absolute Gasteiger partial charge is 0.502 e. The number of rotatable bonds is 7. The van der Waals surface area contributed by atoms with Gasteiger partial charge in [-0.1, -0.05) is 35.9 Å². The van der Waals surface area contributed by atoms with Crippen LogP contribution in [0.25, 0.3) is 0 Å². The second kappa shape index (κ2) is 10.5. The molecule has 182 valence electrons. The van der Waals surface area contributed by atoms with Crippen LogP contribution in [-0.2, 0) is 0 Å². The summed E-state index contributed by atoms with van der Waals surface area (Å²) in [5.74, 6) is -4.74. The Morgan fingerprint density at radius 3 is 2.09 bits per heavy atom. The molecule has 0 heterocycles. The first-order chi connectivity index (χ1) is 16.2. The van der Waals surface area contributed by atoms with Gasteiger partial charge in [0.25, 0.3) is 10.9 Å². The van der Waals surface area contributed by atoms with E-state index in [2.05, 4.69) is 10.6 Å². The molecule has 0 aliphatic rings. The van der Waals surface area contributed by atoms with Crippen molar-refractivity contribution < 1.29 is 18.3 Å². The Morgan fingerprint density at radius 1 is 0.857 bits per heavy atom. The fourth-order valence-corrected chi connectivity index (χ4v) is 3.77. The highest BCUT2D eigenvalue weighted by atomic mass is 35.5. The number of aromatic hydroxyl groups is 1. The van der Waals surface area contributed by atoms with Crippen LogP contribution in [-0.4, -0.2) is 5.11 Å². The standard InChI is InChI=1S/C25H18ClF3N2O3.ClH/c1-12(15-10-18(27)20(29)19(28)11-15)30-21(13-5-7-16(26)8-6-13)14-3-2-4-17(9-14)31-22-23(32)25(34)24(22)33;/h2-12,21,30-32H,1H3;1H. The van der Waals surface area contributed by atoms with E-state index in [1.54, 1.807) is 55.5 Å². The van der Waals surface area contributed by atoms with Crippen LogP contribution >= 0.6 is 24.0 Å². The number of nitrogens with one attached hydrogen (secondary N) is 2. The molecule has 35 heavy (non-hydrogen) atoms. The molecule has 0 aromatic heterocycles. The smallest absolute Gasteiger partial charge is 0.271 e. The van der Waals surface area contributed by atoms with Crippen molar-refractivity contribution in [1.29, 1.82) is 0 Å². The summed E-state index contributed by atoms with van der Waals surface area (Å²) in [5, 5.41) is 16.2. The zero-order chi connectivity index (χ0) is 24.6. The van der Waals surface area contributed by atoms with Gasteiger partial charge in [0.2, 0.25) is 0 Å². The minimum absolute atomic E-state index is 0. The van der Waals surface area contributed by atoms with Gasteiger partial charge in [-0.25, -0.2) is 13.2 Å². The highest BCUT2D eigenvalue weighted by Crippen LogP contribution is 2.31. The van der Waals surface area contributed by atoms with E-state index in [1.807, 2.05) is 0 Å².